The summed E-state index contributed by atoms with van der Waals surface area (Å²) in [6.45, 7) is 1.43. The number of nitro groups is 1. The van der Waals surface area contributed by atoms with Crippen molar-refractivity contribution in [3.8, 4) is 0 Å². The molecule has 8 nitrogen and oxygen atoms in total. The molecule has 22 heavy (non-hydrogen) atoms. The molecule has 1 amide bonds. The van der Waals surface area contributed by atoms with Crippen LogP contribution in [0.4, 0.5) is 16.2 Å². The van der Waals surface area contributed by atoms with Crippen molar-refractivity contribution in [2.75, 3.05) is 32.6 Å². The maximum atomic E-state index is 11.5. The third kappa shape index (κ3) is 3.64. The Hall–Kier alpha value is -2.35. The van der Waals surface area contributed by atoms with E-state index in [-0.39, 0.29) is 24.4 Å². The normalized spacial score (nSPS) is 17.4. The lowest BCUT2D eigenvalue weighted by atomic mass is 10.1. The van der Waals surface area contributed by atoms with Crippen LogP contribution in [0.5, 0.6) is 0 Å². The van der Waals surface area contributed by atoms with Crippen LogP contribution >= 0.6 is 0 Å². The Bertz CT molecular complexity index is 563. The van der Waals surface area contributed by atoms with Gasteiger partial charge in [-0.1, -0.05) is 0 Å². The van der Waals surface area contributed by atoms with E-state index in [2.05, 4.69) is 5.32 Å². The molecule has 1 saturated heterocycles. The Morgan fingerprint density at radius 1 is 1.50 bits per heavy atom. The van der Waals surface area contributed by atoms with Gasteiger partial charge in [0.25, 0.3) is 5.69 Å². The van der Waals surface area contributed by atoms with E-state index in [9.17, 15) is 14.9 Å². The lowest BCUT2D eigenvalue weighted by molar-refractivity contribution is -0.384. The molecule has 8 heteroatoms. The molecular formula is C14H19N3O5. The number of benzene rings is 1. The van der Waals surface area contributed by atoms with E-state index in [1.165, 1.54) is 26.4 Å². The molecule has 120 valence electrons. The van der Waals surface area contributed by atoms with E-state index in [4.69, 9.17) is 9.47 Å². The third-order valence-electron chi connectivity index (χ3n) is 3.58. The number of likely N-dealkylation sites (tertiary alicyclic amines) is 1. The molecule has 0 radical (unpaired) electrons. The standard InChI is InChI=1S/C14H19N3O5/c1-21-9-10-7-12(17(19)20)3-4-13(10)15-11-5-6-16(8-11)14(18)22-2/h3-4,7,11,15H,5-6,8-9H2,1-2H3. The van der Waals surface area contributed by atoms with Crippen molar-refractivity contribution in [2.45, 2.75) is 19.1 Å². The summed E-state index contributed by atoms with van der Waals surface area (Å²) in [5.74, 6) is 0. The van der Waals surface area contributed by atoms with Crippen molar-refractivity contribution >= 4 is 17.5 Å². The predicted octanol–water partition coefficient (Wildman–Crippen LogP) is 1.99. The van der Waals surface area contributed by atoms with Crippen LogP contribution in [0.25, 0.3) is 0 Å². The maximum Gasteiger partial charge on any atom is 0.409 e. The monoisotopic (exact) mass is 309 g/mol. The molecule has 0 spiro atoms. The number of rotatable bonds is 5. The minimum atomic E-state index is -0.433. The smallest absolute Gasteiger partial charge is 0.409 e. The molecule has 1 aliphatic heterocycles. The van der Waals surface area contributed by atoms with Gasteiger partial charge in [0.1, 0.15) is 0 Å². The van der Waals surface area contributed by atoms with Crippen LogP contribution < -0.4 is 5.32 Å². The van der Waals surface area contributed by atoms with Gasteiger partial charge >= 0.3 is 6.09 Å². The van der Waals surface area contributed by atoms with Gasteiger partial charge in [-0.25, -0.2) is 4.79 Å². The van der Waals surface area contributed by atoms with Gasteiger partial charge in [0.2, 0.25) is 0 Å². The Labute approximate surface area is 128 Å². The fourth-order valence-corrected chi connectivity index (χ4v) is 2.50. The summed E-state index contributed by atoms with van der Waals surface area (Å²) < 4.78 is 9.80. The summed E-state index contributed by atoms with van der Waals surface area (Å²) >= 11 is 0. The number of nitrogens with one attached hydrogen (secondary N) is 1. The molecule has 1 aromatic rings. The number of hydrogen-bond acceptors (Lipinski definition) is 6. The number of non-ortho nitro benzene ring substituents is 1. The van der Waals surface area contributed by atoms with Crippen molar-refractivity contribution in [1.82, 2.24) is 4.90 Å². The van der Waals surface area contributed by atoms with E-state index in [0.717, 1.165) is 12.1 Å². The van der Waals surface area contributed by atoms with E-state index >= 15 is 0 Å². The van der Waals surface area contributed by atoms with E-state index in [1.807, 2.05) is 0 Å². The number of ether oxygens (including phenoxy) is 2. The first-order chi connectivity index (χ1) is 10.5. The molecule has 1 fully saturated rings. The topological polar surface area (TPSA) is 93.9 Å². The summed E-state index contributed by atoms with van der Waals surface area (Å²) in [6, 6.07) is 4.71. The molecule has 1 unspecified atom stereocenters. The number of nitro benzene ring substituents is 1. The summed E-state index contributed by atoms with van der Waals surface area (Å²) in [6.07, 6.45) is 0.448. The lowest BCUT2D eigenvalue weighted by Gasteiger charge is -2.18. The van der Waals surface area contributed by atoms with Crippen LogP contribution in [0.1, 0.15) is 12.0 Å². The van der Waals surface area contributed by atoms with Gasteiger partial charge < -0.3 is 19.7 Å². The maximum absolute atomic E-state index is 11.5. The summed E-state index contributed by atoms with van der Waals surface area (Å²) in [5.41, 5.74) is 1.53. The van der Waals surface area contributed by atoms with Crippen molar-refractivity contribution in [3.05, 3.63) is 33.9 Å². The highest BCUT2D eigenvalue weighted by Crippen LogP contribution is 2.25. The van der Waals surface area contributed by atoms with Gasteiger partial charge in [0, 0.05) is 49.6 Å². The highest BCUT2D eigenvalue weighted by atomic mass is 16.6. The Balaban J connectivity index is 2.09. The number of anilines is 1. The molecule has 0 saturated carbocycles. The number of carbonyl (C=O) groups is 1. The zero-order chi connectivity index (χ0) is 16.1. The van der Waals surface area contributed by atoms with Crippen molar-refractivity contribution in [3.63, 3.8) is 0 Å². The number of carbonyl (C=O) groups excluding carboxylic acids is 1. The summed E-state index contributed by atoms with van der Waals surface area (Å²) in [7, 11) is 2.90. The predicted molar refractivity (Wildman–Crippen MR) is 79.8 cm³/mol. The van der Waals surface area contributed by atoms with Crippen LogP contribution in [0.2, 0.25) is 0 Å². The second kappa shape index (κ2) is 7.08. The SMILES string of the molecule is COCc1cc([N+](=O)[O-])ccc1NC1CCN(C(=O)OC)C1. The molecule has 1 heterocycles. The summed E-state index contributed by atoms with van der Waals surface area (Å²) in [5, 5.41) is 14.2. The zero-order valence-electron chi connectivity index (χ0n) is 12.6. The quantitative estimate of drug-likeness (QED) is 0.660. The van der Waals surface area contributed by atoms with Gasteiger partial charge in [0.05, 0.1) is 18.6 Å². The van der Waals surface area contributed by atoms with Crippen molar-refractivity contribution < 1.29 is 19.2 Å². The first-order valence-electron chi connectivity index (χ1n) is 6.90. The van der Waals surface area contributed by atoms with Crippen molar-refractivity contribution in [1.29, 1.82) is 0 Å². The Kier molecular flexibility index (Phi) is 5.16. The van der Waals surface area contributed by atoms with Crippen LogP contribution in [0, 0.1) is 10.1 Å². The fourth-order valence-electron chi connectivity index (χ4n) is 2.50. The molecule has 0 bridgehead atoms. The van der Waals surface area contributed by atoms with E-state index in [1.54, 1.807) is 11.0 Å². The largest absolute Gasteiger partial charge is 0.453 e. The first kappa shape index (κ1) is 16.0. The average molecular weight is 309 g/mol. The minimum absolute atomic E-state index is 0.0280. The van der Waals surface area contributed by atoms with E-state index in [0.29, 0.717) is 18.7 Å². The second-order valence-corrected chi connectivity index (χ2v) is 5.08. The third-order valence-corrected chi connectivity index (χ3v) is 3.58. The molecule has 2 rings (SSSR count). The van der Waals surface area contributed by atoms with Gasteiger partial charge in [-0.05, 0) is 12.5 Å². The molecule has 0 aromatic heterocycles. The fraction of sp³-hybridized carbons (Fsp3) is 0.500. The summed E-state index contributed by atoms with van der Waals surface area (Å²) in [4.78, 5) is 23.5. The van der Waals surface area contributed by atoms with Crippen LogP contribution in [-0.2, 0) is 16.1 Å². The first-order valence-corrected chi connectivity index (χ1v) is 6.90. The molecule has 1 atom stereocenters. The highest BCUT2D eigenvalue weighted by Gasteiger charge is 2.27. The zero-order valence-corrected chi connectivity index (χ0v) is 12.6. The highest BCUT2D eigenvalue weighted by molar-refractivity contribution is 5.68. The number of hydrogen-bond donors (Lipinski definition) is 1. The van der Waals surface area contributed by atoms with Crippen LogP contribution in [-0.4, -0.2) is 49.3 Å². The van der Waals surface area contributed by atoms with Crippen molar-refractivity contribution in [2.24, 2.45) is 0 Å². The average Bonchev–Trinajstić information content (AvgIpc) is 2.97. The lowest BCUT2D eigenvalue weighted by Crippen LogP contribution is -2.31. The Morgan fingerprint density at radius 2 is 2.27 bits per heavy atom. The van der Waals surface area contributed by atoms with Gasteiger partial charge in [-0.3, -0.25) is 10.1 Å². The number of methoxy groups -OCH3 is 2. The molecule has 0 aliphatic carbocycles. The Morgan fingerprint density at radius 3 is 2.91 bits per heavy atom. The second-order valence-electron chi connectivity index (χ2n) is 5.08. The van der Waals surface area contributed by atoms with E-state index < -0.39 is 4.92 Å². The van der Waals surface area contributed by atoms with Gasteiger partial charge in [-0.2, -0.15) is 0 Å². The number of amides is 1. The minimum Gasteiger partial charge on any atom is -0.453 e. The molecule has 1 aromatic carbocycles. The van der Waals surface area contributed by atoms with Gasteiger partial charge in [-0.15, -0.1) is 0 Å². The van der Waals surface area contributed by atoms with Crippen LogP contribution in [0.15, 0.2) is 18.2 Å². The molecule has 1 N–H and O–H groups in total. The van der Waals surface area contributed by atoms with Crippen LogP contribution in [0.3, 0.4) is 0 Å². The molecular weight excluding hydrogens is 290 g/mol. The van der Waals surface area contributed by atoms with Gasteiger partial charge in [0.15, 0.2) is 0 Å². The molecule has 1 aliphatic rings. The number of nitrogens with zero attached hydrogens (tertiary/aromatic N) is 2.